The molecule has 6 nitrogen and oxygen atoms in total. The SMILES string of the molecule is O=C(COc1ccccc1)Nc1ncc2c(n1)C[C@H](c1ccccc1)CC2=O. The molecule has 1 amide bonds. The van der Waals surface area contributed by atoms with Gasteiger partial charge in [0.05, 0.1) is 11.3 Å². The fourth-order valence-electron chi connectivity index (χ4n) is 3.29. The van der Waals surface area contributed by atoms with Gasteiger partial charge < -0.3 is 4.74 Å². The van der Waals surface area contributed by atoms with Crippen LogP contribution < -0.4 is 10.1 Å². The molecule has 4 rings (SSSR count). The third-order valence-electron chi connectivity index (χ3n) is 4.67. The Labute approximate surface area is 162 Å². The first kappa shape index (κ1) is 17.9. The summed E-state index contributed by atoms with van der Waals surface area (Å²) in [5, 5.41) is 2.63. The predicted molar refractivity (Wildman–Crippen MR) is 104 cm³/mol. The van der Waals surface area contributed by atoms with Gasteiger partial charge >= 0.3 is 0 Å². The maximum Gasteiger partial charge on any atom is 0.264 e. The number of nitrogens with zero attached hydrogens (tertiary/aromatic N) is 2. The Morgan fingerprint density at radius 3 is 2.50 bits per heavy atom. The van der Waals surface area contributed by atoms with E-state index in [-0.39, 0.29) is 30.2 Å². The second-order valence-electron chi connectivity index (χ2n) is 6.64. The van der Waals surface area contributed by atoms with E-state index >= 15 is 0 Å². The molecule has 2 aromatic carbocycles. The van der Waals surface area contributed by atoms with Gasteiger partial charge in [-0.2, -0.15) is 0 Å². The number of para-hydroxylation sites is 1. The lowest BCUT2D eigenvalue weighted by Gasteiger charge is -2.23. The number of aromatic nitrogens is 2. The third kappa shape index (κ3) is 4.06. The van der Waals surface area contributed by atoms with E-state index in [0.717, 1.165) is 5.56 Å². The second kappa shape index (κ2) is 8.00. The van der Waals surface area contributed by atoms with Gasteiger partial charge in [0, 0.05) is 12.6 Å². The summed E-state index contributed by atoms with van der Waals surface area (Å²) in [6.07, 6.45) is 2.58. The first-order valence-corrected chi connectivity index (χ1v) is 9.11. The summed E-state index contributed by atoms with van der Waals surface area (Å²) in [6.45, 7) is -0.143. The van der Waals surface area contributed by atoms with Crippen molar-refractivity contribution in [3.63, 3.8) is 0 Å². The first-order chi connectivity index (χ1) is 13.7. The minimum atomic E-state index is -0.356. The molecule has 1 aliphatic rings. The van der Waals surface area contributed by atoms with Crippen LogP contribution in [0.5, 0.6) is 5.75 Å². The van der Waals surface area contributed by atoms with Crippen molar-refractivity contribution in [2.24, 2.45) is 0 Å². The lowest BCUT2D eigenvalue weighted by Crippen LogP contribution is -2.24. The number of carbonyl (C=O) groups is 2. The summed E-state index contributed by atoms with van der Waals surface area (Å²) < 4.78 is 5.42. The Morgan fingerprint density at radius 2 is 1.75 bits per heavy atom. The molecule has 0 radical (unpaired) electrons. The Hall–Kier alpha value is -3.54. The van der Waals surface area contributed by atoms with Gasteiger partial charge in [0.1, 0.15) is 5.75 Å². The minimum Gasteiger partial charge on any atom is -0.484 e. The largest absolute Gasteiger partial charge is 0.484 e. The monoisotopic (exact) mass is 373 g/mol. The zero-order valence-electron chi connectivity index (χ0n) is 15.2. The van der Waals surface area contributed by atoms with Gasteiger partial charge in [0.15, 0.2) is 12.4 Å². The quantitative estimate of drug-likeness (QED) is 0.741. The van der Waals surface area contributed by atoms with Crippen molar-refractivity contribution in [2.45, 2.75) is 18.8 Å². The van der Waals surface area contributed by atoms with Crippen molar-refractivity contribution in [2.75, 3.05) is 11.9 Å². The number of Topliss-reactive ketones (excluding diaryl/α,β-unsaturated/α-hetero) is 1. The van der Waals surface area contributed by atoms with Crippen LogP contribution in [-0.2, 0) is 11.2 Å². The van der Waals surface area contributed by atoms with Crippen molar-refractivity contribution in [1.82, 2.24) is 9.97 Å². The Balaban J connectivity index is 1.44. The molecule has 0 spiro atoms. The number of hydrogen-bond donors (Lipinski definition) is 1. The highest BCUT2D eigenvalue weighted by atomic mass is 16.5. The molecule has 28 heavy (non-hydrogen) atoms. The zero-order valence-corrected chi connectivity index (χ0v) is 15.2. The molecule has 0 saturated heterocycles. The van der Waals surface area contributed by atoms with Gasteiger partial charge in [-0.05, 0) is 30.0 Å². The Morgan fingerprint density at radius 1 is 1.04 bits per heavy atom. The minimum absolute atomic E-state index is 0.0281. The molecule has 1 aromatic heterocycles. The van der Waals surface area contributed by atoms with Crippen LogP contribution in [0, 0.1) is 0 Å². The number of carbonyl (C=O) groups excluding carboxylic acids is 2. The standard InChI is InChI=1S/C22H19N3O3/c26-20-12-16(15-7-3-1-4-8-15)11-19-18(20)13-23-22(24-19)25-21(27)14-28-17-9-5-2-6-10-17/h1-10,13,16H,11-12,14H2,(H,23,24,25,27)/t16-/m0/s1. The van der Waals surface area contributed by atoms with Gasteiger partial charge in [0.2, 0.25) is 5.95 Å². The average molecular weight is 373 g/mol. The van der Waals surface area contributed by atoms with Crippen LogP contribution in [0.25, 0.3) is 0 Å². The third-order valence-corrected chi connectivity index (χ3v) is 4.67. The summed E-state index contributed by atoms with van der Waals surface area (Å²) in [7, 11) is 0. The normalized spacial score (nSPS) is 15.6. The number of amides is 1. The molecule has 0 bridgehead atoms. The Kier molecular flexibility index (Phi) is 5.10. The number of nitrogens with one attached hydrogen (secondary N) is 1. The lowest BCUT2D eigenvalue weighted by atomic mass is 9.82. The molecule has 0 fully saturated rings. The van der Waals surface area contributed by atoms with Crippen LogP contribution in [0.4, 0.5) is 5.95 Å². The average Bonchev–Trinajstić information content (AvgIpc) is 2.73. The molecule has 1 aliphatic carbocycles. The zero-order chi connectivity index (χ0) is 19.3. The van der Waals surface area contributed by atoms with Gasteiger partial charge in [-0.3, -0.25) is 14.9 Å². The van der Waals surface area contributed by atoms with Crippen LogP contribution in [0.2, 0.25) is 0 Å². The molecule has 0 aliphatic heterocycles. The van der Waals surface area contributed by atoms with Gasteiger partial charge in [0.25, 0.3) is 5.91 Å². The highest BCUT2D eigenvalue weighted by molar-refractivity contribution is 5.99. The molecule has 1 heterocycles. The molecule has 0 saturated carbocycles. The van der Waals surface area contributed by atoms with E-state index in [4.69, 9.17) is 4.74 Å². The number of anilines is 1. The predicted octanol–water partition coefficient (Wildman–Crippen LogP) is 3.41. The number of ketones is 1. The van der Waals surface area contributed by atoms with E-state index in [9.17, 15) is 9.59 Å². The van der Waals surface area contributed by atoms with Gasteiger partial charge in [-0.1, -0.05) is 48.5 Å². The first-order valence-electron chi connectivity index (χ1n) is 9.11. The van der Waals surface area contributed by atoms with Gasteiger partial charge in [-0.15, -0.1) is 0 Å². The number of ether oxygens (including phenoxy) is 1. The molecule has 3 aromatic rings. The molecular formula is C22H19N3O3. The van der Waals surface area contributed by atoms with Crippen LogP contribution in [0.3, 0.4) is 0 Å². The maximum absolute atomic E-state index is 12.5. The smallest absolute Gasteiger partial charge is 0.264 e. The molecule has 0 unspecified atom stereocenters. The van der Waals surface area contributed by atoms with Crippen molar-refractivity contribution in [3.05, 3.63) is 83.7 Å². The van der Waals surface area contributed by atoms with Crippen molar-refractivity contribution in [3.8, 4) is 5.75 Å². The highest BCUT2D eigenvalue weighted by Crippen LogP contribution is 2.31. The summed E-state index contributed by atoms with van der Waals surface area (Å²) in [5.41, 5.74) is 2.31. The fraction of sp³-hybridized carbons (Fsp3) is 0.182. The lowest BCUT2D eigenvalue weighted by molar-refractivity contribution is -0.118. The number of rotatable bonds is 5. The van der Waals surface area contributed by atoms with Crippen LogP contribution in [0.1, 0.15) is 34.0 Å². The number of hydrogen-bond acceptors (Lipinski definition) is 5. The van der Waals surface area contributed by atoms with E-state index in [1.165, 1.54) is 6.20 Å². The fourth-order valence-corrected chi connectivity index (χ4v) is 3.29. The number of benzene rings is 2. The molecule has 6 heteroatoms. The van der Waals surface area contributed by atoms with Crippen molar-refractivity contribution >= 4 is 17.6 Å². The molecule has 1 atom stereocenters. The second-order valence-corrected chi connectivity index (χ2v) is 6.64. The van der Waals surface area contributed by atoms with Crippen molar-refractivity contribution in [1.29, 1.82) is 0 Å². The van der Waals surface area contributed by atoms with E-state index in [1.54, 1.807) is 12.1 Å². The summed E-state index contributed by atoms with van der Waals surface area (Å²) in [6, 6.07) is 19.0. The summed E-state index contributed by atoms with van der Waals surface area (Å²) in [4.78, 5) is 33.1. The summed E-state index contributed by atoms with van der Waals surface area (Å²) >= 11 is 0. The van der Waals surface area contributed by atoms with Gasteiger partial charge in [-0.25, -0.2) is 9.97 Å². The van der Waals surface area contributed by atoms with E-state index < -0.39 is 0 Å². The van der Waals surface area contributed by atoms with E-state index in [2.05, 4.69) is 15.3 Å². The van der Waals surface area contributed by atoms with Crippen LogP contribution >= 0.6 is 0 Å². The van der Waals surface area contributed by atoms with E-state index in [1.807, 2.05) is 48.5 Å². The number of fused-ring (bicyclic) bond motifs is 1. The summed E-state index contributed by atoms with van der Waals surface area (Å²) in [5.74, 6) is 0.550. The van der Waals surface area contributed by atoms with Crippen LogP contribution in [0.15, 0.2) is 66.9 Å². The highest BCUT2D eigenvalue weighted by Gasteiger charge is 2.28. The molecule has 140 valence electrons. The molecular weight excluding hydrogens is 354 g/mol. The maximum atomic E-state index is 12.5. The van der Waals surface area contributed by atoms with Crippen molar-refractivity contribution < 1.29 is 14.3 Å². The Bertz CT molecular complexity index is 990. The molecule has 1 N–H and O–H groups in total. The van der Waals surface area contributed by atoms with Crippen LogP contribution in [-0.4, -0.2) is 28.3 Å². The van der Waals surface area contributed by atoms with E-state index in [0.29, 0.717) is 29.8 Å². The topological polar surface area (TPSA) is 81.2 Å².